The number of carboxylic acid groups (broad SMARTS) is 1. The molecule has 0 fully saturated rings. The molecule has 0 aliphatic rings. The van der Waals surface area contributed by atoms with Gasteiger partial charge in [-0.25, -0.2) is 0 Å². The zero-order valence-corrected chi connectivity index (χ0v) is 14.4. The molecule has 0 aromatic rings. The zero-order valence-electron chi connectivity index (χ0n) is 14.4. The first-order chi connectivity index (χ1) is 10.2. The van der Waals surface area contributed by atoms with Gasteiger partial charge in [0.2, 0.25) is 11.8 Å². The molecule has 0 unspecified atom stereocenters. The molecule has 0 saturated heterocycles. The number of aliphatic carboxylic acids is 1. The lowest BCUT2D eigenvalue weighted by Gasteiger charge is -2.33. The predicted octanol–water partition coefficient (Wildman–Crippen LogP) is 0.401. The Hall–Kier alpha value is -1.63. The van der Waals surface area contributed by atoms with Gasteiger partial charge in [0.05, 0.1) is 12.5 Å². The number of rotatable bonds is 9. The SMILES string of the molecule is CCC(CC)[C@H](NC)C(=O)N(C)[C@@H](CC(=O)O)C(=O)N(C)C. The molecule has 0 saturated carbocycles. The third-order valence-corrected chi connectivity index (χ3v) is 4.01. The van der Waals surface area contributed by atoms with Crippen LogP contribution in [0.5, 0.6) is 0 Å². The number of amides is 2. The highest BCUT2D eigenvalue weighted by atomic mass is 16.4. The second-order valence-electron chi connectivity index (χ2n) is 5.64. The largest absolute Gasteiger partial charge is 0.481 e. The van der Waals surface area contributed by atoms with Crippen molar-refractivity contribution in [3.8, 4) is 0 Å². The molecule has 0 spiro atoms. The number of carbonyl (C=O) groups is 3. The minimum Gasteiger partial charge on any atom is -0.481 e. The quantitative estimate of drug-likeness (QED) is 0.643. The summed E-state index contributed by atoms with van der Waals surface area (Å²) >= 11 is 0. The molecule has 0 bridgehead atoms. The molecule has 7 nitrogen and oxygen atoms in total. The van der Waals surface area contributed by atoms with Crippen molar-refractivity contribution in [2.45, 2.75) is 45.2 Å². The van der Waals surface area contributed by atoms with Crippen molar-refractivity contribution in [2.75, 3.05) is 28.2 Å². The van der Waals surface area contributed by atoms with Crippen LogP contribution in [0.2, 0.25) is 0 Å². The van der Waals surface area contributed by atoms with Crippen LogP contribution in [-0.4, -0.2) is 73.0 Å². The Kier molecular flexibility index (Phi) is 8.70. The molecule has 0 aliphatic carbocycles. The van der Waals surface area contributed by atoms with Gasteiger partial charge in [0.25, 0.3) is 0 Å². The van der Waals surface area contributed by atoms with Crippen LogP contribution in [0.25, 0.3) is 0 Å². The van der Waals surface area contributed by atoms with Crippen molar-refractivity contribution >= 4 is 17.8 Å². The van der Waals surface area contributed by atoms with E-state index in [9.17, 15) is 14.4 Å². The van der Waals surface area contributed by atoms with Crippen LogP contribution in [0.4, 0.5) is 0 Å². The van der Waals surface area contributed by atoms with E-state index in [2.05, 4.69) is 5.32 Å². The Balaban J connectivity index is 5.34. The van der Waals surface area contributed by atoms with Gasteiger partial charge >= 0.3 is 5.97 Å². The number of hydrogen-bond donors (Lipinski definition) is 2. The Morgan fingerprint density at radius 2 is 1.55 bits per heavy atom. The maximum absolute atomic E-state index is 12.7. The lowest BCUT2D eigenvalue weighted by molar-refractivity contribution is -0.149. The summed E-state index contributed by atoms with van der Waals surface area (Å²) in [4.78, 5) is 38.5. The van der Waals surface area contributed by atoms with Crippen molar-refractivity contribution in [3.05, 3.63) is 0 Å². The van der Waals surface area contributed by atoms with Crippen molar-refractivity contribution in [1.82, 2.24) is 15.1 Å². The van der Waals surface area contributed by atoms with Crippen molar-refractivity contribution in [2.24, 2.45) is 5.92 Å². The molecule has 0 radical (unpaired) electrons. The molecule has 7 heteroatoms. The minimum atomic E-state index is -1.11. The lowest BCUT2D eigenvalue weighted by Crippen LogP contribution is -2.55. The summed E-state index contributed by atoms with van der Waals surface area (Å²) < 4.78 is 0. The summed E-state index contributed by atoms with van der Waals surface area (Å²) in [7, 11) is 6.29. The predicted molar refractivity (Wildman–Crippen MR) is 84.4 cm³/mol. The molecule has 2 N–H and O–H groups in total. The van der Waals surface area contributed by atoms with E-state index in [1.807, 2.05) is 13.8 Å². The fourth-order valence-electron chi connectivity index (χ4n) is 2.55. The second kappa shape index (κ2) is 9.40. The van der Waals surface area contributed by atoms with E-state index >= 15 is 0 Å². The van der Waals surface area contributed by atoms with E-state index in [0.717, 1.165) is 12.8 Å². The summed E-state index contributed by atoms with van der Waals surface area (Å²) in [5.41, 5.74) is 0. The lowest BCUT2D eigenvalue weighted by atomic mass is 9.92. The minimum absolute atomic E-state index is 0.139. The molecule has 0 rings (SSSR count). The van der Waals surface area contributed by atoms with E-state index in [0.29, 0.717) is 0 Å². The van der Waals surface area contributed by atoms with Gasteiger partial charge in [0, 0.05) is 21.1 Å². The van der Waals surface area contributed by atoms with Gasteiger partial charge < -0.3 is 20.2 Å². The fraction of sp³-hybridized carbons (Fsp3) is 0.800. The number of carboxylic acids is 1. The Labute approximate surface area is 132 Å². The number of carbonyl (C=O) groups excluding carboxylic acids is 2. The first kappa shape index (κ1) is 20.4. The van der Waals surface area contributed by atoms with Gasteiger partial charge in [-0.05, 0) is 13.0 Å². The summed E-state index contributed by atoms with van der Waals surface area (Å²) in [6.45, 7) is 4.01. The van der Waals surface area contributed by atoms with Gasteiger partial charge in [0.15, 0.2) is 0 Å². The molecule has 0 aliphatic heterocycles. The van der Waals surface area contributed by atoms with Gasteiger partial charge in [-0.15, -0.1) is 0 Å². The molecule has 0 heterocycles. The molecule has 0 aromatic carbocycles. The summed E-state index contributed by atoms with van der Waals surface area (Å²) in [5.74, 6) is -1.61. The van der Waals surface area contributed by atoms with Crippen LogP contribution < -0.4 is 5.32 Å². The van der Waals surface area contributed by atoms with E-state index in [4.69, 9.17) is 5.11 Å². The standard InChI is InChI=1S/C15H29N3O4/c1-7-10(8-2)13(16-3)15(22)18(6)11(9-12(19)20)14(21)17(4)5/h10-11,13,16H,7-9H2,1-6H3,(H,19,20)/t11-,13-/m0/s1. The summed E-state index contributed by atoms with van der Waals surface area (Å²) in [6.07, 6.45) is 1.25. The van der Waals surface area contributed by atoms with Crippen LogP contribution in [-0.2, 0) is 14.4 Å². The van der Waals surface area contributed by atoms with E-state index in [-0.39, 0.29) is 11.8 Å². The molecule has 0 aromatic heterocycles. The summed E-state index contributed by atoms with van der Waals surface area (Å²) in [5, 5.41) is 12.0. The van der Waals surface area contributed by atoms with Crippen molar-refractivity contribution in [1.29, 1.82) is 0 Å². The zero-order chi connectivity index (χ0) is 17.4. The number of nitrogens with one attached hydrogen (secondary N) is 1. The second-order valence-corrected chi connectivity index (χ2v) is 5.64. The summed E-state index contributed by atoms with van der Waals surface area (Å²) in [6, 6.07) is -1.42. The Bertz CT molecular complexity index is 394. The average Bonchev–Trinajstić information content (AvgIpc) is 2.47. The topological polar surface area (TPSA) is 90.0 Å². The van der Waals surface area contributed by atoms with E-state index < -0.39 is 30.4 Å². The van der Waals surface area contributed by atoms with Crippen LogP contribution in [0.15, 0.2) is 0 Å². The molecule has 22 heavy (non-hydrogen) atoms. The van der Waals surface area contributed by atoms with Crippen LogP contribution >= 0.6 is 0 Å². The van der Waals surface area contributed by atoms with Gasteiger partial charge in [-0.3, -0.25) is 14.4 Å². The van der Waals surface area contributed by atoms with E-state index in [1.54, 1.807) is 21.1 Å². The van der Waals surface area contributed by atoms with E-state index in [1.165, 1.54) is 16.8 Å². The molecule has 2 atom stereocenters. The van der Waals surface area contributed by atoms with Crippen LogP contribution in [0, 0.1) is 5.92 Å². The normalized spacial score (nSPS) is 13.6. The van der Waals surface area contributed by atoms with Gasteiger partial charge in [-0.2, -0.15) is 0 Å². The fourth-order valence-corrected chi connectivity index (χ4v) is 2.55. The highest BCUT2D eigenvalue weighted by Crippen LogP contribution is 2.17. The molecule has 2 amide bonds. The van der Waals surface area contributed by atoms with Crippen molar-refractivity contribution < 1.29 is 19.5 Å². The molecular formula is C15H29N3O4. The van der Waals surface area contributed by atoms with Crippen LogP contribution in [0.1, 0.15) is 33.1 Å². The maximum atomic E-state index is 12.7. The highest BCUT2D eigenvalue weighted by Gasteiger charge is 2.35. The number of nitrogens with zero attached hydrogens (tertiary/aromatic N) is 2. The Morgan fingerprint density at radius 1 is 1.05 bits per heavy atom. The monoisotopic (exact) mass is 315 g/mol. The van der Waals surface area contributed by atoms with Gasteiger partial charge in [-0.1, -0.05) is 26.7 Å². The Morgan fingerprint density at radius 3 is 1.86 bits per heavy atom. The smallest absolute Gasteiger partial charge is 0.305 e. The average molecular weight is 315 g/mol. The van der Waals surface area contributed by atoms with Gasteiger partial charge in [0.1, 0.15) is 6.04 Å². The van der Waals surface area contributed by atoms with Crippen molar-refractivity contribution in [3.63, 3.8) is 0 Å². The first-order valence-electron chi connectivity index (χ1n) is 7.57. The highest BCUT2D eigenvalue weighted by molar-refractivity contribution is 5.92. The first-order valence-corrected chi connectivity index (χ1v) is 7.57. The molecular weight excluding hydrogens is 286 g/mol. The molecule has 128 valence electrons. The van der Waals surface area contributed by atoms with Crippen LogP contribution in [0.3, 0.4) is 0 Å². The number of likely N-dealkylation sites (N-methyl/N-ethyl adjacent to an activating group) is 3. The third kappa shape index (κ3) is 5.29. The number of hydrogen-bond acceptors (Lipinski definition) is 4. The maximum Gasteiger partial charge on any atom is 0.305 e. The third-order valence-electron chi connectivity index (χ3n) is 4.01.